The van der Waals surface area contributed by atoms with Gasteiger partial charge in [0.25, 0.3) is 8.32 Å². The topological polar surface area (TPSA) is 55.8 Å². The average molecular weight is 427 g/mol. The van der Waals surface area contributed by atoms with Crippen LogP contribution in [0.5, 0.6) is 0 Å². The number of carbonyl (C=O) groups is 1. The highest BCUT2D eigenvalue weighted by Gasteiger charge is 2.51. The van der Waals surface area contributed by atoms with Crippen molar-refractivity contribution >= 4 is 24.7 Å². The third-order valence-corrected chi connectivity index (χ3v) is 11.4. The van der Waals surface area contributed by atoms with Crippen LogP contribution < -0.4 is 10.4 Å². The highest BCUT2D eigenvalue weighted by Crippen LogP contribution is 2.40. The zero-order chi connectivity index (χ0) is 21.8. The van der Waals surface area contributed by atoms with Crippen LogP contribution in [0.15, 0.2) is 60.7 Å². The molecule has 30 heavy (non-hydrogen) atoms. The molecule has 2 aromatic rings. The number of hydrogen-bond donors (Lipinski definition) is 1. The van der Waals surface area contributed by atoms with Gasteiger partial charge in [-0.25, -0.2) is 0 Å². The fraction of sp³-hybridized carbons (Fsp3) is 0.480. The molecule has 0 bridgehead atoms. The quantitative estimate of drug-likeness (QED) is 0.544. The Bertz CT molecular complexity index is 777. The van der Waals surface area contributed by atoms with Crippen LogP contribution in [-0.2, 0) is 14.0 Å². The van der Waals surface area contributed by atoms with E-state index in [0.717, 1.165) is 0 Å². The molecule has 0 unspecified atom stereocenters. The maximum atomic E-state index is 11.9. The number of benzene rings is 2. The van der Waals surface area contributed by atoms with Crippen molar-refractivity contribution in [1.82, 2.24) is 0 Å². The van der Waals surface area contributed by atoms with Crippen LogP contribution in [0.25, 0.3) is 0 Å². The number of hydrogen-bond acceptors (Lipinski definition) is 4. The molecule has 1 N–H and O–H groups in total. The molecular formula is C25H34O4Si. The number of ether oxygens (including phenoxy) is 1. The van der Waals surface area contributed by atoms with Crippen LogP contribution in [0.1, 0.15) is 40.0 Å². The van der Waals surface area contributed by atoms with Gasteiger partial charge in [0.05, 0.1) is 13.2 Å². The molecule has 0 spiro atoms. The Morgan fingerprint density at radius 2 is 1.47 bits per heavy atom. The second kappa shape index (κ2) is 9.46. The smallest absolute Gasteiger partial charge is 0.305 e. The molecule has 162 valence electrons. The Balaban J connectivity index is 1.96. The third-order valence-electron chi connectivity index (χ3n) is 6.40. The number of esters is 1. The van der Waals surface area contributed by atoms with Gasteiger partial charge < -0.3 is 14.3 Å². The van der Waals surface area contributed by atoms with E-state index in [1.54, 1.807) is 0 Å². The minimum Gasteiger partial charge on any atom is -0.469 e. The fourth-order valence-corrected chi connectivity index (χ4v) is 9.54. The Morgan fingerprint density at radius 1 is 0.967 bits per heavy atom. The molecule has 0 heterocycles. The molecule has 4 nitrogen and oxygen atoms in total. The number of rotatable bonds is 7. The molecule has 0 amide bonds. The van der Waals surface area contributed by atoms with Gasteiger partial charge in [-0.3, -0.25) is 4.79 Å². The highest BCUT2D eigenvalue weighted by molar-refractivity contribution is 6.99. The van der Waals surface area contributed by atoms with Crippen molar-refractivity contribution in [2.45, 2.75) is 51.2 Å². The second-order valence-electron chi connectivity index (χ2n) is 9.40. The maximum Gasteiger partial charge on any atom is 0.305 e. The average Bonchev–Trinajstić information content (AvgIpc) is 3.08. The van der Waals surface area contributed by atoms with Gasteiger partial charge in [-0.05, 0) is 40.1 Å². The molecule has 1 aliphatic carbocycles. The van der Waals surface area contributed by atoms with E-state index in [1.807, 2.05) is 12.1 Å². The van der Waals surface area contributed by atoms with Gasteiger partial charge in [-0.15, -0.1) is 0 Å². The largest absolute Gasteiger partial charge is 0.469 e. The van der Waals surface area contributed by atoms with Crippen LogP contribution in [-0.4, -0.2) is 39.2 Å². The first-order valence-corrected chi connectivity index (χ1v) is 12.7. The lowest BCUT2D eigenvalue weighted by atomic mass is 9.94. The van der Waals surface area contributed by atoms with Crippen molar-refractivity contribution in [1.29, 1.82) is 0 Å². The van der Waals surface area contributed by atoms with Gasteiger partial charge in [0, 0.05) is 13.0 Å². The monoisotopic (exact) mass is 426 g/mol. The molecule has 3 rings (SSSR count). The van der Waals surface area contributed by atoms with Crippen LogP contribution in [0.2, 0.25) is 5.04 Å². The summed E-state index contributed by atoms with van der Waals surface area (Å²) >= 11 is 0. The van der Waals surface area contributed by atoms with Crippen molar-refractivity contribution in [3.8, 4) is 0 Å². The van der Waals surface area contributed by atoms with Gasteiger partial charge >= 0.3 is 5.97 Å². The fourth-order valence-electron chi connectivity index (χ4n) is 4.93. The van der Waals surface area contributed by atoms with E-state index in [4.69, 9.17) is 9.16 Å². The SMILES string of the molecule is COC(=O)C[C@H]1C[C@@H](O)C[C@@H]1CO[Si](c1ccccc1)(c1ccccc1)C(C)(C)C. The van der Waals surface area contributed by atoms with Gasteiger partial charge in [0.1, 0.15) is 0 Å². The van der Waals surface area contributed by atoms with Crippen LogP contribution in [0, 0.1) is 11.8 Å². The minimum atomic E-state index is -2.61. The Hall–Kier alpha value is -1.95. The Morgan fingerprint density at radius 3 is 1.93 bits per heavy atom. The number of carbonyl (C=O) groups excluding carboxylic acids is 1. The molecule has 2 aromatic carbocycles. The van der Waals surface area contributed by atoms with Crippen molar-refractivity contribution in [2.24, 2.45) is 11.8 Å². The zero-order valence-corrected chi connectivity index (χ0v) is 19.5. The highest BCUT2D eigenvalue weighted by atomic mass is 28.4. The molecule has 1 aliphatic rings. The molecular weight excluding hydrogens is 392 g/mol. The molecule has 0 saturated heterocycles. The van der Waals surface area contributed by atoms with Crippen molar-refractivity contribution in [3.05, 3.63) is 60.7 Å². The number of methoxy groups -OCH3 is 1. The lowest BCUT2D eigenvalue weighted by molar-refractivity contribution is -0.142. The van der Waals surface area contributed by atoms with Crippen LogP contribution in [0.4, 0.5) is 0 Å². The molecule has 0 aliphatic heterocycles. The summed E-state index contributed by atoms with van der Waals surface area (Å²) < 4.78 is 11.9. The normalized spacial score (nSPS) is 22.1. The summed E-state index contributed by atoms with van der Waals surface area (Å²) in [6.45, 7) is 7.31. The van der Waals surface area contributed by atoms with Crippen molar-refractivity contribution in [3.63, 3.8) is 0 Å². The summed E-state index contributed by atoms with van der Waals surface area (Å²) in [7, 11) is -1.20. The Kier molecular flexibility index (Phi) is 7.16. The van der Waals surface area contributed by atoms with Gasteiger partial charge in [0.2, 0.25) is 0 Å². The molecule has 1 saturated carbocycles. The predicted octanol–water partition coefficient (Wildman–Crippen LogP) is 3.51. The van der Waals surface area contributed by atoms with E-state index in [-0.39, 0.29) is 28.9 Å². The summed E-state index contributed by atoms with van der Waals surface area (Å²) in [5, 5.41) is 12.7. The Labute approximate surface area is 181 Å². The van der Waals surface area contributed by atoms with E-state index >= 15 is 0 Å². The first-order chi connectivity index (χ1) is 14.3. The van der Waals surface area contributed by atoms with Gasteiger partial charge in [-0.2, -0.15) is 0 Å². The van der Waals surface area contributed by atoms with E-state index < -0.39 is 8.32 Å². The second-order valence-corrected chi connectivity index (χ2v) is 13.7. The maximum absolute atomic E-state index is 11.9. The zero-order valence-electron chi connectivity index (χ0n) is 18.5. The number of aliphatic hydroxyl groups is 1. The minimum absolute atomic E-state index is 0.0886. The van der Waals surface area contributed by atoms with E-state index in [9.17, 15) is 9.90 Å². The predicted molar refractivity (Wildman–Crippen MR) is 122 cm³/mol. The third kappa shape index (κ3) is 4.69. The van der Waals surface area contributed by atoms with E-state index in [0.29, 0.717) is 25.9 Å². The lowest BCUT2D eigenvalue weighted by Crippen LogP contribution is -2.67. The van der Waals surface area contributed by atoms with E-state index in [1.165, 1.54) is 17.5 Å². The first-order valence-electron chi connectivity index (χ1n) is 10.8. The summed E-state index contributed by atoms with van der Waals surface area (Å²) in [4.78, 5) is 11.9. The molecule has 3 atom stereocenters. The summed E-state index contributed by atoms with van der Waals surface area (Å²) in [6.07, 6.45) is 1.25. The lowest BCUT2D eigenvalue weighted by Gasteiger charge is -2.43. The molecule has 0 radical (unpaired) electrons. The summed E-state index contributed by atoms with van der Waals surface area (Å²) in [5.41, 5.74) is 0. The van der Waals surface area contributed by atoms with Crippen LogP contribution >= 0.6 is 0 Å². The van der Waals surface area contributed by atoms with Gasteiger partial charge in [0.15, 0.2) is 0 Å². The van der Waals surface area contributed by atoms with Crippen LogP contribution in [0.3, 0.4) is 0 Å². The molecule has 0 aromatic heterocycles. The summed E-state index contributed by atoms with van der Waals surface area (Å²) in [6, 6.07) is 21.1. The van der Waals surface area contributed by atoms with Gasteiger partial charge in [-0.1, -0.05) is 81.4 Å². The van der Waals surface area contributed by atoms with Crippen molar-refractivity contribution in [2.75, 3.05) is 13.7 Å². The van der Waals surface area contributed by atoms with Crippen molar-refractivity contribution < 1.29 is 19.1 Å². The molecule has 1 fully saturated rings. The standard InChI is InChI=1S/C25H34O4Si/c1-25(2,3)30(22-11-7-5-8-12-22,23-13-9-6-10-14-23)29-18-20-16-21(26)15-19(20)17-24(27)28-4/h5-14,19-21,26H,15-18H2,1-4H3/t19-,20-,21-/m1/s1. The first kappa shape index (κ1) is 22.7. The molecule has 5 heteroatoms. The number of aliphatic hydroxyl groups excluding tert-OH is 1. The summed E-state index contributed by atoms with van der Waals surface area (Å²) in [5.74, 6) is 0.0102. The van der Waals surface area contributed by atoms with E-state index in [2.05, 4.69) is 69.3 Å².